The number of halogens is 2. The first kappa shape index (κ1) is 10.6. The molecule has 1 fully saturated rings. The molecule has 0 spiro atoms. The topological polar surface area (TPSA) is 26.0 Å². The number of hydrogen-bond donors (Lipinski definition) is 1. The van der Waals surface area contributed by atoms with E-state index in [-0.39, 0.29) is 6.54 Å². The standard InChI is InChI=1S/C12H15F2N/c13-12(14)11(7-15)10-3-1-2-9(6-10)8-4-5-8/h1-3,6,8,11-12H,4-5,7,15H2. The molecule has 3 heteroatoms. The van der Waals surface area contributed by atoms with Gasteiger partial charge in [0.15, 0.2) is 0 Å². The van der Waals surface area contributed by atoms with Gasteiger partial charge in [-0.05, 0) is 29.9 Å². The number of nitrogens with two attached hydrogens (primary N) is 1. The van der Waals surface area contributed by atoms with Gasteiger partial charge in [0, 0.05) is 6.54 Å². The van der Waals surface area contributed by atoms with E-state index in [4.69, 9.17) is 5.73 Å². The lowest BCUT2D eigenvalue weighted by Gasteiger charge is -2.14. The van der Waals surface area contributed by atoms with Crippen LogP contribution < -0.4 is 5.73 Å². The maximum atomic E-state index is 12.7. The first-order chi connectivity index (χ1) is 7.22. The van der Waals surface area contributed by atoms with Gasteiger partial charge in [-0.3, -0.25) is 0 Å². The van der Waals surface area contributed by atoms with Crippen LogP contribution in [0.1, 0.15) is 35.8 Å². The molecule has 0 heterocycles. The quantitative estimate of drug-likeness (QED) is 0.814. The maximum Gasteiger partial charge on any atom is 0.246 e. The average molecular weight is 211 g/mol. The molecule has 0 aromatic heterocycles. The van der Waals surface area contributed by atoms with Crippen LogP contribution in [0.3, 0.4) is 0 Å². The Morgan fingerprint density at radius 3 is 2.60 bits per heavy atom. The van der Waals surface area contributed by atoms with E-state index in [0.29, 0.717) is 11.5 Å². The molecule has 1 saturated carbocycles. The molecule has 1 aliphatic carbocycles. The first-order valence-electron chi connectivity index (χ1n) is 5.30. The van der Waals surface area contributed by atoms with Crippen molar-refractivity contribution in [3.8, 4) is 0 Å². The molecule has 15 heavy (non-hydrogen) atoms. The van der Waals surface area contributed by atoms with Crippen molar-refractivity contribution < 1.29 is 8.78 Å². The Bertz CT molecular complexity index is 334. The summed E-state index contributed by atoms with van der Waals surface area (Å²) in [5, 5.41) is 0. The number of rotatable bonds is 4. The zero-order valence-corrected chi connectivity index (χ0v) is 8.50. The molecule has 1 aromatic rings. The van der Waals surface area contributed by atoms with Gasteiger partial charge in [-0.1, -0.05) is 24.3 Å². The summed E-state index contributed by atoms with van der Waals surface area (Å²) in [6.45, 7) is 0.00574. The molecule has 1 unspecified atom stereocenters. The fraction of sp³-hybridized carbons (Fsp3) is 0.500. The third-order valence-corrected chi connectivity index (χ3v) is 2.95. The Morgan fingerprint density at radius 1 is 1.33 bits per heavy atom. The summed E-state index contributed by atoms with van der Waals surface area (Å²) in [5.74, 6) is -0.218. The Morgan fingerprint density at radius 2 is 2.07 bits per heavy atom. The molecule has 1 atom stereocenters. The molecule has 1 aromatic carbocycles. The van der Waals surface area contributed by atoms with Crippen molar-refractivity contribution in [2.75, 3.05) is 6.54 Å². The molecule has 0 aliphatic heterocycles. The summed E-state index contributed by atoms with van der Waals surface area (Å²) in [6, 6.07) is 7.51. The van der Waals surface area contributed by atoms with Gasteiger partial charge in [0.25, 0.3) is 0 Å². The minimum atomic E-state index is -2.37. The minimum Gasteiger partial charge on any atom is -0.330 e. The second-order valence-corrected chi connectivity index (χ2v) is 4.12. The summed E-state index contributed by atoms with van der Waals surface area (Å²) >= 11 is 0. The van der Waals surface area contributed by atoms with E-state index in [1.165, 1.54) is 18.4 Å². The minimum absolute atomic E-state index is 0.00574. The second kappa shape index (κ2) is 4.27. The van der Waals surface area contributed by atoms with Gasteiger partial charge in [-0.15, -0.1) is 0 Å². The molecule has 0 saturated heterocycles. The summed E-state index contributed by atoms with van der Waals surface area (Å²) in [6.07, 6.45) is 0.000995. The van der Waals surface area contributed by atoms with E-state index >= 15 is 0 Å². The van der Waals surface area contributed by atoms with Gasteiger partial charge in [-0.25, -0.2) is 8.78 Å². The van der Waals surface area contributed by atoms with E-state index in [1.807, 2.05) is 18.2 Å². The third-order valence-electron chi connectivity index (χ3n) is 2.95. The molecule has 1 aliphatic rings. The fourth-order valence-corrected chi connectivity index (χ4v) is 1.84. The van der Waals surface area contributed by atoms with Gasteiger partial charge in [-0.2, -0.15) is 0 Å². The first-order valence-corrected chi connectivity index (χ1v) is 5.30. The SMILES string of the molecule is NCC(c1cccc(C2CC2)c1)C(F)F. The Hall–Kier alpha value is -0.960. The van der Waals surface area contributed by atoms with Gasteiger partial charge in [0.1, 0.15) is 0 Å². The van der Waals surface area contributed by atoms with Crippen LogP contribution >= 0.6 is 0 Å². The lowest BCUT2D eigenvalue weighted by Crippen LogP contribution is -2.19. The van der Waals surface area contributed by atoms with Crippen LogP contribution in [0.2, 0.25) is 0 Å². The monoisotopic (exact) mass is 211 g/mol. The van der Waals surface area contributed by atoms with Gasteiger partial charge in [0.05, 0.1) is 5.92 Å². The predicted octanol–water partition coefficient (Wildman–Crippen LogP) is 2.87. The van der Waals surface area contributed by atoms with Crippen molar-refractivity contribution in [3.63, 3.8) is 0 Å². The molecule has 0 bridgehead atoms. The van der Waals surface area contributed by atoms with Crippen molar-refractivity contribution in [2.45, 2.75) is 31.1 Å². The highest BCUT2D eigenvalue weighted by atomic mass is 19.3. The van der Waals surface area contributed by atoms with Crippen molar-refractivity contribution in [1.29, 1.82) is 0 Å². The van der Waals surface area contributed by atoms with E-state index in [9.17, 15) is 8.78 Å². The van der Waals surface area contributed by atoms with Gasteiger partial charge >= 0.3 is 0 Å². The maximum absolute atomic E-state index is 12.7. The molecule has 0 radical (unpaired) electrons. The zero-order valence-electron chi connectivity index (χ0n) is 8.50. The molecule has 82 valence electrons. The molecule has 2 rings (SSSR count). The van der Waals surface area contributed by atoms with Gasteiger partial charge < -0.3 is 5.73 Å². The Balaban J connectivity index is 2.22. The van der Waals surface area contributed by atoms with E-state index in [2.05, 4.69) is 0 Å². The lowest BCUT2D eigenvalue weighted by atomic mass is 9.96. The number of hydrogen-bond acceptors (Lipinski definition) is 1. The largest absolute Gasteiger partial charge is 0.330 e. The van der Waals surface area contributed by atoms with Crippen LogP contribution in [0.5, 0.6) is 0 Å². The van der Waals surface area contributed by atoms with Gasteiger partial charge in [0.2, 0.25) is 6.43 Å². The van der Waals surface area contributed by atoms with Crippen LogP contribution in [0.25, 0.3) is 0 Å². The smallest absolute Gasteiger partial charge is 0.246 e. The number of benzene rings is 1. The Kier molecular flexibility index (Phi) is 3.00. The highest BCUT2D eigenvalue weighted by Gasteiger charge is 2.26. The average Bonchev–Trinajstić information content (AvgIpc) is 3.02. The van der Waals surface area contributed by atoms with Crippen molar-refractivity contribution in [1.82, 2.24) is 0 Å². The third kappa shape index (κ3) is 2.34. The highest BCUT2D eigenvalue weighted by molar-refractivity contribution is 5.31. The van der Waals surface area contributed by atoms with E-state index in [0.717, 1.165) is 0 Å². The summed E-state index contributed by atoms with van der Waals surface area (Å²) in [4.78, 5) is 0. The van der Waals surface area contributed by atoms with Crippen LogP contribution in [0.15, 0.2) is 24.3 Å². The van der Waals surface area contributed by atoms with Crippen LogP contribution in [0.4, 0.5) is 8.78 Å². The van der Waals surface area contributed by atoms with Crippen LogP contribution in [-0.2, 0) is 0 Å². The molecule has 0 amide bonds. The summed E-state index contributed by atoms with van der Waals surface area (Å²) < 4.78 is 25.3. The van der Waals surface area contributed by atoms with Crippen molar-refractivity contribution in [2.24, 2.45) is 5.73 Å². The van der Waals surface area contributed by atoms with Crippen molar-refractivity contribution >= 4 is 0 Å². The lowest BCUT2D eigenvalue weighted by molar-refractivity contribution is 0.117. The van der Waals surface area contributed by atoms with Crippen LogP contribution in [0, 0.1) is 0 Å². The summed E-state index contributed by atoms with van der Waals surface area (Å²) in [7, 11) is 0. The normalized spacial score (nSPS) is 18.1. The van der Waals surface area contributed by atoms with E-state index in [1.54, 1.807) is 6.07 Å². The van der Waals surface area contributed by atoms with Crippen molar-refractivity contribution in [3.05, 3.63) is 35.4 Å². The zero-order chi connectivity index (χ0) is 10.8. The summed E-state index contributed by atoms with van der Waals surface area (Å²) in [5.41, 5.74) is 7.23. The predicted molar refractivity (Wildman–Crippen MR) is 56.2 cm³/mol. The van der Waals surface area contributed by atoms with E-state index < -0.39 is 12.3 Å². The molecule has 2 N–H and O–H groups in total. The molecule has 1 nitrogen and oxygen atoms in total. The molecular weight excluding hydrogens is 196 g/mol. The fourth-order valence-electron chi connectivity index (χ4n) is 1.84. The van der Waals surface area contributed by atoms with Crippen LogP contribution in [-0.4, -0.2) is 13.0 Å². The highest BCUT2D eigenvalue weighted by Crippen LogP contribution is 2.40. The number of alkyl halides is 2. The second-order valence-electron chi connectivity index (χ2n) is 4.12. The molecular formula is C12H15F2N. The Labute approximate surface area is 88.3 Å².